The molecule has 0 aromatic heterocycles. The minimum Gasteiger partial charge on any atom is -0.355 e. The van der Waals surface area contributed by atoms with Crippen molar-refractivity contribution in [3.05, 3.63) is 27.1 Å². The molecular weight excluding hydrogens is 460 g/mol. The number of rotatable bonds is 7. The Bertz CT molecular complexity index is 674. The van der Waals surface area contributed by atoms with E-state index >= 15 is 0 Å². The molecule has 0 spiro atoms. The Labute approximate surface area is 160 Å². The standard InChI is InChI=1S/C16H22Br2N2O3S/c17-13-6-7-15(14(18)11-13)24(22,23)20-9-8-19-16(21)10-12-4-2-1-3-5-12/h6-7,11-12,20H,1-5,8-10H2,(H,19,21). The number of hydrogen-bond donors (Lipinski definition) is 2. The molecule has 0 heterocycles. The second kappa shape index (κ2) is 9.31. The lowest BCUT2D eigenvalue weighted by molar-refractivity contribution is -0.122. The number of halogens is 2. The minimum atomic E-state index is -3.60. The lowest BCUT2D eigenvalue weighted by atomic mass is 9.87. The number of nitrogens with one attached hydrogen (secondary N) is 2. The number of carbonyl (C=O) groups excluding carboxylic acids is 1. The smallest absolute Gasteiger partial charge is 0.241 e. The Hall–Kier alpha value is -0.440. The van der Waals surface area contributed by atoms with Crippen molar-refractivity contribution in [1.82, 2.24) is 10.0 Å². The number of carbonyl (C=O) groups is 1. The molecule has 5 nitrogen and oxygen atoms in total. The van der Waals surface area contributed by atoms with E-state index in [-0.39, 0.29) is 17.3 Å². The molecule has 0 aliphatic heterocycles. The highest BCUT2D eigenvalue weighted by Crippen LogP contribution is 2.26. The fraction of sp³-hybridized carbons (Fsp3) is 0.562. The van der Waals surface area contributed by atoms with Crippen LogP contribution in [0.15, 0.2) is 32.0 Å². The first kappa shape index (κ1) is 19.9. The molecule has 0 unspecified atom stereocenters. The van der Waals surface area contributed by atoms with Crippen LogP contribution in [-0.4, -0.2) is 27.4 Å². The second-order valence-corrected chi connectivity index (χ2v) is 9.54. The molecule has 1 aliphatic carbocycles. The van der Waals surface area contributed by atoms with Crippen molar-refractivity contribution in [3.8, 4) is 0 Å². The first-order valence-corrected chi connectivity index (χ1v) is 11.2. The van der Waals surface area contributed by atoms with Gasteiger partial charge in [-0.2, -0.15) is 0 Å². The summed E-state index contributed by atoms with van der Waals surface area (Å²) >= 11 is 6.54. The third-order valence-corrected chi connectivity index (χ3v) is 7.05. The maximum atomic E-state index is 12.3. The van der Waals surface area contributed by atoms with Crippen LogP contribution in [0, 0.1) is 5.92 Å². The molecule has 0 saturated heterocycles. The molecule has 1 aromatic rings. The number of amides is 1. The van der Waals surface area contributed by atoms with E-state index in [1.54, 1.807) is 12.1 Å². The van der Waals surface area contributed by atoms with E-state index in [4.69, 9.17) is 0 Å². The normalized spacial score (nSPS) is 16.1. The van der Waals surface area contributed by atoms with Crippen LogP contribution in [0.3, 0.4) is 0 Å². The van der Waals surface area contributed by atoms with Crippen LogP contribution in [0.2, 0.25) is 0 Å². The summed E-state index contributed by atoms with van der Waals surface area (Å²) < 4.78 is 28.3. The maximum Gasteiger partial charge on any atom is 0.241 e. The summed E-state index contributed by atoms with van der Waals surface area (Å²) in [6, 6.07) is 4.88. The van der Waals surface area contributed by atoms with E-state index in [0.717, 1.165) is 17.3 Å². The summed E-state index contributed by atoms with van der Waals surface area (Å²) in [6.07, 6.45) is 6.48. The second-order valence-electron chi connectivity index (χ2n) is 6.03. The number of hydrogen-bond acceptors (Lipinski definition) is 3. The monoisotopic (exact) mass is 480 g/mol. The van der Waals surface area contributed by atoms with Gasteiger partial charge in [0.05, 0.1) is 4.90 Å². The molecule has 1 aromatic carbocycles. The van der Waals surface area contributed by atoms with Crippen LogP contribution >= 0.6 is 31.9 Å². The van der Waals surface area contributed by atoms with Gasteiger partial charge >= 0.3 is 0 Å². The first-order chi connectivity index (χ1) is 11.4. The van der Waals surface area contributed by atoms with Crippen LogP contribution in [-0.2, 0) is 14.8 Å². The van der Waals surface area contributed by atoms with Gasteiger partial charge in [-0.05, 0) is 52.9 Å². The predicted octanol–water partition coefficient (Wildman–Crippen LogP) is 3.58. The third-order valence-electron chi connectivity index (χ3n) is 4.12. The molecule has 0 atom stereocenters. The average Bonchev–Trinajstić information content (AvgIpc) is 2.52. The fourth-order valence-electron chi connectivity index (χ4n) is 2.88. The van der Waals surface area contributed by atoms with Gasteiger partial charge < -0.3 is 5.32 Å². The van der Waals surface area contributed by atoms with Crippen molar-refractivity contribution in [1.29, 1.82) is 0 Å². The topological polar surface area (TPSA) is 75.3 Å². The Kier molecular flexibility index (Phi) is 7.71. The van der Waals surface area contributed by atoms with Crippen molar-refractivity contribution in [3.63, 3.8) is 0 Å². The van der Waals surface area contributed by atoms with Gasteiger partial charge in [0.25, 0.3) is 0 Å². The highest BCUT2D eigenvalue weighted by Gasteiger charge is 2.18. The zero-order chi connectivity index (χ0) is 17.6. The van der Waals surface area contributed by atoms with Crippen LogP contribution in [0.1, 0.15) is 38.5 Å². The van der Waals surface area contributed by atoms with Crippen molar-refractivity contribution < 1.29 is 13.2 Å². The minimum absolute atomic E-state index is 0.00548. The zero-order valence-electron chi connectivity index (χ0n) is 13.4. The Morgan fingerprint density at radius 2 is 1.83 bits per heavy atom. The van der Waals surface area contributed by atoms with E-state index < -0.39 is 10.0 Å². The highest BCUT2D eigenvalue weighted by molar-refractivity contribution is 9.11. The van der Waals surface area contributed by atoms with Gasteiger partial charge in [0.1, 0.15) is 0 Å². The highest BCUT2D eigenvalue weighted by atomic mass is 79.9. The first-order valence-electron chi connectivity index (χ1n) is 8.10. The van der Waals surface area contributed by atoms with Gasteiger partial charge in [-0.25, -0.2) is 13.1 Å². The Morgan fingerprint density at radius 3 is 2.50 bits per heavy atom. The molecular formula is C16H22Br2N2O3S. The summed E-state index contributed by atoms with van der Waals surface area (Å²) in [5, 5.41) is 2.79. The van der Waals surface area contributed by atoms with E-state index in [1.807, 2.05) is 0 Å². The van der Waals surface area contributed by atoms with Gasteiger partial charge in [0, 0.05) is 28.5 Å². The average molecular weight is 482 g/mol. The van der Waals surface area contributed by atoms with Gasteiger partial charge in [-0.3, -0.25) is 4.79 Å². The lowest BCUT2D eigenvalue weighted by Gasteiger charge is -2.20. The summed E-state index contributed by atoms with van der Waals surface area (Å²) in [5.41, 5.74) is 0. The largest absolute Gasteiger partial charge is 0.355 e. The number of benzene rings is 1. The SMILES string of the molecule is O=C(CC1CCCCC1)NCCNS(=O)(=O)c1ccc(Br)cc1Br. The summed E-state index contributed by atoms with van der Waals surface area (Å²) in [6.45, 7) is 0.459. The predicted molar refractivity (Wildman–Crippen MR) is 101 cm³/mol. The molecule has 0 radical (unpaired) electrons. The molecule has 1 fully saturated rings. The van der Waals surface area contributed by atoms with Gasteiger partial charge in [0.2, 0.25) is 15.9 Å². The van der Waals surface area contributed by atoms with Crippen LogP contribution in [0.4, 0.5) is 0 Å². The molecule has 24 heavy (non-hydrogen) atoms. The Balaban J connectivity index is 1.75. The van der Waals surface area contributed by atoms with Crippen molar-refractivity contribution in [2.24, 2.45) is 5.92 Å². The van der Waals surface area contributed by atoms with Gasteiger partial charge in [-0.1, -0.05) is 35.2 Å². The van der Waals surface area contributed by atoms with E-state index in [0.29, 0.717) is 23.4 Å². The Morgan fingerprint density at radius 1 is 1.12 bits per heavy atom. The van der Waals surface area contributed by atoms with Crippen LogP contribution in [0.25, 0.3) is 0 Å². The van der Waals surface area contributed by atoms with E-state index in [9.17, 15) is 13.2 Å². The molecule has 2 rings (SSSR count). The third kappa shape index (κ3) is 6.13. The summed E-state index contributed by atoms with van der Waals surface area (Å²) in [5.74, 6) is 0.486. The molecule has 0 bridgehead atoms. The van der Waals surface area contributed by atoms with Gasteiger partial charge in [-0.15, -0.1) is 0 Å². The van der Waals surface area contributed by atoms with Crippen molar-refractivity contribution in [2.45, 2.75) is 43.4 Å². The lowest BCUT2D eigenvalue weighted by Crippen LogP contribution is -2.35. The summed E-state index contributed by atoms with van der Waals surface area (Å²) in [4.78, 5) is 12.1. The number of sulfonamides is 1. The zero-order valence-corrected chi connectivity index (χ0v) is 17.3. The molecule has 2 N–H and O–H groups in total. The van der Waals surface area contributed by atoms with Gasteiger partial charge in [0.15, 0.2) is 0 Å². The molecule has 1 aliphatic rings. The van der Waals surface area contributed by atoms with Crippen LogP contribution < -0.4 is 10.0 Å². The fourth-order valence-corrected chi connectivity index (χ4v) is 5.66. The molecule has 8 heteroatoms. The molecule has 134 valence electrons. The van der Waals surface area contributed by atoms with Crippen LogP contribution in [0.5, 0.6) is 0 Å². The summed E-state index contributed by atoms with van der Waals surface area (Å²) in [7, 11) is -3.60. The molecule has 1 saturated carbocycles. The quantitative estimate of drug-likeness (QED) is 0.584. The van der Waals surface area contributed by atoms with Crippen molar-refractivity contribution in [2.75, 3.05) is 13.1 Å². The molecule has 1 amide bonds. The van der Waals surface area contributed by atoms with E-state index in [1.165, 1.54) is 25.3 Å². The van der Waals surface area contributed by atoms with Crippen molar-refractivity contribution >= 4 is 47.8 Å². The maximum absolute atomic E-state index is 12.3. The van der Waals surface area contributed by atoms with E-state index in [2.05, 4.69) is 41.9 Å².